The maximum atomic E-state index is 5.41. The number of rotatable bonds is 1. The summed E-state index contributed by atoms with van der Waals surface area (Å²) in [4.78, 5) is 6.86. The van der Waals surface area contributed by atoms with Crippen molar-refractivity contribution in [2.45, 2.75) is 32.0 Å². The lowest BCUT2D eigenvalue weighted by molar-refractivity contribution is 0.00212. The van der Waals surface area contributed by atoms with Crippen molar-refractivity contribution < 1.29 is 4.74 Å². The van der Waals surface area contributed by atoms with Crippen LogP contribution >= 0.6 is 0 Å². The quantitative estimate of drug-likeness (QED) is 0.674. The molecule has 0 spiro atoms. The number of methoxy groups -OCH3 is 1. The third kappa shape index (κ3) is 1.34. The summed E-state index contributed by atoms with van der Waals surface area (Å²) in [6.45, 7) is 0. The highest BCUT2D eigenvalue weighted by Crippen LogP contribution is 2.40. The molecule has 86 valence electrons. The van der Waals surface area contributed by atoms with Gasteiger partial charge >= 0.3 is 0 Å². The first-order valence-electron chi connectivity index (χ1n) is 6.04. The summed E-state index contributed by atoms with van der Waals surface area (Å²) in [5.74, 6) is 0.702. The summed E-state index contributed by atoms with van der Waals surface area (Å²) in [6, 6.07) is 0. The Bertz CT molecular complexity index is 395. The van der Waals surface area contributed by atoms with Crippen molar-refractivity contribution in [2.24, 2.45) is 10.9 Å². The second-order valence-corrected chi connectivity index (χ2v) is 4.77. The lowest BCUT2D eigenvalue weighted by atomic mass is 9.77. The molecule has 3 nitrogen and oxygen atoms in total. The Morgan fingerprint density at radius 3 is 3.19 bits per heavy atom. The molecular weight excluding hydrogens is 200 g/mol. The second-order valence-electron chi connectivity index (χ2n) is 4.77. The second kappa shape index (κ2) is 3.74. The lowest BCUT2D eigenvalue weighted by Crippen LogP contribution is -2.40. The minimum Gasteiger partial charge on any atom is -0.342 e. The molecule has 0 saturated heterocycles. The Hall–Kier alpha value is -1.09. The molecule has 0 amide bonds. The first-order chi connectivity index (χ1) is 7.81. The van der Waals surface area contributed by atoms with Gasteiger partial charge in [0.15, 0.2) is 0 Å². The van der Waals surface area contributed by atoms with Crippen LogP contribution in [0.5, 0.6) is 0 Å². The number of aliphatic imine (C=N–C) groups is 1. The minimum absolute atomic E-state index is 0.129. The van der Waals surface area contributed by atoms with Crippen molar-refractivity contribution in [1.29, 1.82) is 0 Å². The summed E-state index contributed by atoms with van der Waals surface area (Å²) in [6.07, 6.45) is 9.26. The van der Waals surface area contributed by atoms with E-state index in [2.05, 4.69) is 29.1 Å². The van der Waals surface area contributed by atoms with Crippen molar-refractivity contribution in [3.63, 3.8) is 0 Å². The van der Waals surface area contributed by atoms with Gasteiger partial charge in [-0.2, -0.15) is 0 Å². The van der Waals surface area contributed by atoms with Crippen LogP contribution in [0.25, 0.3) is 0 Å². The average Bonchev–Trinajstić information content (AvgIpc) is 2.33. The van der Waals surface area contributed by atoms with Crippen molar-refractivity contribution in [2.75, 3.05) is 14.2 Å². The largest absolute Gasteiger partial charge is 0.342 e. The van der Waals surface area contributed by atoms with E-state index in [1.807, 2.05) is 0 Å². The Balaban J connectivity index is 2.09. The number of hydrogen-bond donors (Lipinski definition) is 0. The molecule has 0 aromatic heterocycles. The van der Waals surface area contributed by atoms with Crippen LogP contribution in [-0.4, -0.2) is 31.1 Å². The molecule has 0 saturated carbocycles. The Labute approximate surface area is 96.5 Å². The Morgan fingerprint density at radius 1 is 1.50 bits per heavy atom. The van der Waals surface area contributed by atoms with Crippen LogP contribution in [0.15, 0.2) is 28.4 Å². The monoisotopic (exact) mass is 218 g/mol. The third-order valence-corrected chi connectivity index (χ3v) is 3.88. The van der Waals surface area contributed by atoms with Crippen LogP contribution in [0.3, 0.4) is 0 Å². The van der Waals surface area contributed by atoms with Crippen LogP contribution < -0.4 is 0 Å². The fraction of sp³-hybridized carbons (Fsp3) is 0.615. The van der Waals surface area contributed by atoms with Crippen LogP contribution in [-0.2, 0) is 4.74 Å². The van der Waals surface area contributed by atoms with Crippen LogP contribution in [0, 0.1) is 5.92 Å². The topological polar surface area (TPSA) is 24.8 Å². The molecule has 2 atom stereocenters. The van der Waals surface area contributed by atoms with Crippen LogP contribution in [0.1, 0.15) is 25.7 Å². The average molecular weight is 218 g/mol. The maximum Gasteiger partial charge on any atom is 0.227 e. The van der Waals surface area contributed by atoms with Gasteiger partial charge in [-0.3, -0.25) is 0 Å². The molecule has 3 aliphatic rings. The molecule has 1 heterocycles. The molecule has 0 bridgehead atoms. The number of allylic oxidation sites excluding steroid dienone is 4. The van der Waals surface area contributed by atoms with E-state index in [9.17, 15) is 0 Å². The zero-order chi connectivity index (χ0) is 11.1. The molecule has 0 N–H and O–H groups in total. The van der Waals surface area contributed by atoms with Gasteiger partial charge in [-0.05, 0) is 37.7 Å². The first-order valence-corrected chi connectivity index (χ1v) is 6.04. The smallest absolute Gasteiger partial charge is 0.227 e. The zero-order valence-electron chi connectivity index (χ0n) is 9.94. The van der Waals surface area contributed by atoms with E-state index in [-0.39, 0.29) is 6.35 Å². The fourth-order valence-electron chi connectivity index (χ4n) is 3.09. The molecule has 2 aliphatic carbocycles. The van der Waals surface area contributed by atoms with E-state index < -0.39 is 0 Å². The number of ether oxygens (including phenoxy) is 1. The van der Waals surface area contributed by atoms with Gasteiger partial charge in [0, 0.05) is 25.4 Å². The highest BCUT2D eigenvalue weighted by atomic mass is 16.5. The van der Waals surface area contributed by atoms with Gasteiger partial charge in [0.1, 0.15) is 0 Å². The van der Waals surface area contributed by atoms with Gasteiger partial charge < -0.3 is 9.64 Å². The summed E-state index contributed by atoms with van der Waals surface area (Å²) < 4.78 is 5.41. The van der Waals surface area contributed by atoms with E-state index in [1.54, 1.807) is 7.11 Å². The standard InChI is InChI=1S/C13H18N2O/c1-15-11-8-4-6-9-5-3-7-10(12(9)11)14-13(15)16-2/h3,7,9,13H,4-6,8H2,1-2H3. The zero-order valence-corrected chi connectivity index (χ0v) is 9.94. The van der Waals surface area contributed by atoms with Crippen LogP contribution in [0.4, 0.5) is 0 Å². The fourth-order valence-corrected chi connectivity index (χ4v) is 3.09. The van der Waals surface area contributed by atoms with Crippen LogP contribution in [0.2, 0.25) is 0 Å². The van der Waals surface area contributed by atoms with Gasteiger partial charge in [-0.15, -0.1) is 0 Å². The van der Waals surface area contributed by atoms with E-state index in [0.29, 0.717) is 5.92 Å². The van der Waals surface area contributed by atoms with Crippen molar-refractivity contribution in [3.8, 4) is 0 Å². The molecule has 3 rings (SSSR count). The molecule has 2 unspecified atom stereocenters. The molecule has 0 aromatic rings. The molecule has 1 aliphatic heterocycles. The van der Waals surface area contributed by atoms with E-state index >= 15 is 0 Å². The predicted molar refractivity (Wildman–Crippen MR) is 64.1 cm³/mol. The van der Waals surface area contributed by atoms with E-state index in [0.717, 1.165) is 5.71 Å². The van der Waals surface area contributed by atoms with Gasteiger partial charge in [-0.1, -0.05) is 6.08 Å². The van der Waals surface area contributed by atoms with Gasteiger partial charge in [-0.25, -0.2) is 4.99 Å². The lowest BCUT2D eigenvalue weighted by Gasteiger charge is -2.40. The number of nitrogens with zero attached hydrogens (tertiary/aromatic N) is 2. The Kier molecular flexibility index (Phi) is 2.36. The summed E-state index contributed by atoms with van der Waals surface area (Å²) >= 11 is 0. The molecular formula is C13H18N2O. The Morgan fingerprint density at radius 2 is 2.38 bits per heavy atom. The highest BCUT2D eigenvalue weighted by molar-refractivity contribution is 6.10. The molecule has 16 heavy (non-hydrogen) atoms. The van der Waals surface area contributed by atoms with Gasteiger partial charge in [0.25, 0.3) is 0 Å². The maximum absolute atomic E-state index is 5.41. The first kappa shape index (κ1) is 10.1. The molecule has 0 fully saturated rings. The van der Waals surface area contributed by atoms with Crippen molar-refractivity contribution in [3.05, 3.63) is 23.4 Å². The van der Waals surface area contributed by atoms with Gasteiger partial charge in [0.05, 0.1) is 5.71 Å². The molecule has 3 heteroatoms. The molecule has 0 radical (unpaired) electrons. The summed E-state index contributed by atoms with van der Waals surface area (Å²) in [5, 5.41) is 0. The minimum atomic E-state index is -0.129. The molecule has 0 aromatic carbocycles. The van der Waals surface area contributed by atoms with Crippen molar-refractivity contribution in [1.82, 2.24) is 4.90 Å². The summed E-state index contributed by atoms with van der Waals surface area (Å²) in [7, 11) is 3.82. The van der Waals surface area contributed by atoms with E-state index in [4.69, 9.17) is 4.74 Å². The summed E-state index contributed by atoms with van der Waals surface area (Å²) in [5.41, 5.74) is 4.11. The van der Waals surface area contributed by atoms with E-state index in [1.165, 1.54) is 37.0 Å². The highest BCUT2D eigenvalue weighted by Gasteiger charge is 2.34. The predicted octanol–water partition coefficient (Wildman–Crippen LogP) is 2.32. The normalized spacial score (nSPS) is 32.6. The third-order valence-electron chi connectivity index (χ3n) is 3.88. The number of hydrogen-bond acceptors (Lipinski definition) is 3. The SMILES string of the molecule is COC1N=C2C=CCC3CCCC(=C23)N1C. The van der Waals surface area contributed by atoms with Gasteiger partial charge in [0.2, 0.25) is 6.35 Å². The van der Waals surface area contributed by atoms with Crippen molar-refractivity contribution >= 4 is 5.71 Å².